The Balaban J connectivity index is 2.11. The van der Waals surface area contributed by atoms with Crippen molar-refractivity contribution in [3.8, 4) is 17.2 Å². The first-order valence-electron chi connectivity index (χ1n) is 7.99. The number of benzene rings is 2. The fourth-order valence-electron chi connectivity index (χ4n) is 2.35. The van der Waals surface area contributed by atoms with E-state index < -0.39 is 0 Å². The average molecular weight is 362 g/mol. The quantitative estimate of drug-likeness (QED) is 0.504. The molecule has 0 saturated heterocycles. The largest absolute Gasteiger partial charge is 0.496 e. The van der Waals surface area contributed by atoms with E-state index in [1.807, 2.05) is 38.1 Å². The molecule has 0 aliphatic heterocycles. The van der Waals surface area contributed by atoms with Crippen LogP contribution in [0.2, 0.25) is 0 Å². The molecule has 0 spiro atoms. The number of hydrogen-bond donors (Lipinski definition) is 0. The van der Waals surface area contributed by atoms with Gasteiger partial charge in [0.1, 0.15) is 22.8 Å². The first kappa shape index (κ1) is 19.2. The lowest BCUT2D eigenvalue weighted by atomic mass is 10.2. The number of ether oxygens (including phenoxy) is 4. The number of hydrogen-bond acceptors (Lipinski definition) is 5. The fourth-order valence-corrected chi connectivity index (χ4v) is 3.31. The maximum Gasteiger partial charge on any atom is 0.196 e. The van der Waals surface area contributed by atoms with Crippen LogP contribution in [0.5, 0.6) is 17.2 Å². The Labute approximate surface area is 150 Å². The summed E-state index contributed by atoms with van der Waals surface area (Å²) in [4.78, 5) is 12.7. The van der Waals surface area contributed by atoms with Crippen molar-refractivity contribution in [1.82, 2.24) is 0 Å². The lowest BCUT2D eigenvalue weighted by Gasteiger charge is -2.15. The van der Waals surface area contributed by atoms with E-state index in [9.17, 15) is 4.79 Å². The highest BCUT2D eigenvalue weighted by molar-refractivity contribution is 7.66. The molecule has 2 atom stereocenters. The summed E-state index contributed by atoms with van der Waals surface area (Å²) in [5, 5.41) is 0.911. The molecular weight excluding hydrogens is 339 g/mol. The zero-order chi connectivity index (χ0) is 18.2. The molecule has 2 unspecified atom stereocenters. The van der Waals surface area contributed by atoms with Gasteiger partial charge in [0.05, 0.1) is 14.2 Å². The Hall–Kier alpha value is -2.10. The van der Waals surface area contributed by atoms with Crippen molar-refractivity contribution in [3.05, 3.63) is 48.0 Å². The van der Waals surface area contributed by atoms with Crippen LogP contribution >= 0.6 is 8.58 Å². The van der Waals surface area contributed by atoms with Crippen LogP contribution in [0.15, 0.2) is 42.5 Å². The molecule has 0 radical (unpaired) electrons. The highest BCUT2D eigenvalue weighted by Gasteiger charge is 2.18. The minimum Gasteiger partial charge on any atom is -0.496 e. The maximum absolute atomic E-state index is 12.7. The Morgan fingerprint density at radius 2 is 1.64 bits per heavy atom. The molecule has 0 aliphatic rings. The summed E-state index contributed by atoms with van der Waals surface area (Å²) in [6.07, 6.45) is -0.308. The van der Waals surface area contributed by atoms with Crippen molar-refractivity contribution < 1.29 is 23.7 Å². The summed E-state index contributed by atoms with van der Waals surface area (Å²) in [5.74, 6) is 1.74. The monoisotopic (exact) mass is 362 g/mol. The Bertz CT molecular complexity index is 677. The van der Waals surface area contributed by atoms with Crippen molar-refractivity contribution in [2.24, 2.45) is 0 Å². The SMILES string of the molecule is CCOC(C)Oc1ccc(PC(=O)c2c(OC)cccc2OC)cc1. The van der Waals surface area contributed by atoms with E-state index in [-0.39, 0.29) is 20.4 Å². The van der Waals surface area contributed by atoms with Crippen molar-refractivity contribution in [1.29, 1.82) is 0 Å². The van der Waals surface area contributed by atoms with Crippen molar-refractivity contribution >= 4 is 19.4 Å². The summed E-state index contributed by atoms with van der Waals surface area (Å²) in [6, 6.07) is 12.7. The van der Waals surface area contributed by atoms with Gasteiger partial charge in [0.25, 0.3) is 0 Å². The minimum atomic E-state index is -0.308. The highest BCUT2D eigenvalue weighted by Crippen LogP contribution is 2.33. The van der Waals surface area contributed by atoms with Gasteiger partial charge < -0.3 is 18.9 Å². The van der Waals surface area contributed by atoms with Crippen molar-refractivity contribution in [2.75, 3.05) is 20.8 Å². The third-order valence-corrected chi connectivity index (χ3v) is 4.57. The molecule has 0 aliphatic carbocycles. The van der Waals surface area contributed by atoms with E-state index in [1.165, 1.54) is 0 Å². The summed E-state index contributed by atoms with van der Waals surface area (Å²) in [5.41, 5.74) is 0.432. The van der Waals surface area contributed by atoms with Gasteiger partial charge in [-0.3, -0.25) is 4.79 Å². The predicted octanol–water partition coefficient (Wildman–Crippen LogP) is 3.61. The van der Waals surface area contributed by atoms with Crippen LogP contribution in [-0.2, 0) is 4.74 Å². The first-order chi connectivity index (χ1) is 12.1. The molecule has 2 rings (SSSR count). The van der Waals surface area contributed by atoms with Gasteiger partial charge in [-0.1, -0.05) is 18.2 Å². The van der Waals surface area contributed by atoms with Gasteiger partial charge >= 0.3 is 0 Å². The molecule has 2 aromatic carbocycles. The molecule has 2 aromatic rings. The Morgan fingerprint density at radius 1 is 1.04 bits per heavy atom. The average Bonchev–Trinajstić information content (AvgIpc) is 2.62. The van der Waals surface area contributed by atoms with Crippen LogP contribution in [0.4, 0.5) is 0 Å². The van der Waals surface area contributed by atoms with E-state index in [0.29, 0.717) is 29.4 Å². The summed E-state index contributed by atoms with van der Waals surface area (Å²) >= 11 is 0. The number of carbonyl (C=O) groups excluding carboxylic acids is 1. The second-order valence-corrected chi connectivity index (χ2v) is 6.44. The molecule has 134 valence electrons. The summed E-state index contributed by atoms with van der Waals surface area (Å²) in [6.45, 7) is 4.36. The van der Waals surface area contributed by atoms with Crippen molar-refractivity contribution in [2.45, 2.75) is 20.1 Å². The van der Waals surface area contributed by atoms with Crippen LogP contribution in [0.1, 0.15) is 24.2 Å². The number of carbonyl (C=O) groups is 1. The third-order valence-electron chi connectivity index (χ3n) is 3.47. The standard InChI is InChI=1S/C19H23O5P/c1-5-23-13(2)24-14-9-11-15(12-10-14)25-19(20)18-16(21-3)7-6-8-17(18)22-4/h6-13,25H,5H2,1-4H3. The Morgan fingerprint density at radius 3 is 2.16 bits per heavy atom. The fraction of sp³-hybridized carbons (Fsp3) is 0.316. The van der Waals surface area contributed by atoms with E-state index >= 15 is 0 Å². The summed E-state index contributed by atoms with van der Waals surface area (Å²) in [7, 11) is 3.05. The zero-order valence-electron chi connectivity index (χ0n) is 14.9. The molecular formula is C19H23O5P. The van der Waals surface area contributed by atoms with Gasteiger partial charge in [0.2, 0.25) is 0 Å². The van der Waals surface area contributed by atoms with Gasteiger partial charge in [-0.15, -0.1) is 0 Å². The smallest absolute Gasteiger partial charge is 0.196 e. The molecule has 0 N–H and O–H groups in total. The third kappa shape index (κ3) is 5.18. The lowest BCUT2D eigenvalue weighted by molar-refractivity contribution is -0.0613. The molecule has 0 saturated carbocycles. The van der Waals surface area contributed by atoms with Gasteiger partial charge in [-0.2, -0.15) is 0 Å². The van der Waals surface area contributed by atoms with Crippen LogP contribution in [0, 0.1) is 0 Å². The molecule has 25 heavy (non-hydrogen) atoms. The molecule has 0 bridgehead atoms. The minimum absolute atomic E-state index is 0.0364. The van der Waals surface area contributed by atoms with E-state index in [4.69, 9.17) is 18.9 Å². The number of methoxy groups -OCH3 is 2. The van der Waals surface area contributed by atoms with Gasteiger partial charge in [-0.25, -0.2) is 0 Å². The van der Waals surface area contributed by atoms with Crippen LogP contribution < -0.4 is 19.5 Å². The normalized spacial score (nSPS) is 12.2. The molecule has 5 nitrogen and oxygen atoms in total. The maximum atomic E-state index is 12.7. The molecule has 0 heterocycles. The van der Waals surface area contributed by atoms with Crippen LogP contribution in [-0.4, -0.2) is 32.6 Å². The second-order valence-electron chi connectivity index (χ2n) is 5.16. The Kier molecular flexibility index (Phi) is 7.23. The summed E-state index contributed by atoms with van der Waals surface area (Å²) < 4.78 is 21.6. The van der Waals surface area contributed by atoms with Crippen LogP contribution in [0.3, 0.4) is 0 Å². The van der Waals surface area contributed by atoms with E-state index in [2.05, 4.69) is 0 Å². The molecule has 0 amide bonds. The second kappa shape index (κ2) is 9.40. The molecule has 0 fully saturated rings. The van der Waals surface area contributed by atoms with Gasteiger partial charge in [0.15, 0.2) is 11.8 Å². The molecule has 6 heteroatoms. The highest BCUT2D eigenvalue weighted by atomic mass is 31.1. The van der Waals surface area contributed by atoms with Crippen molar-refractivity contribution in [3.63, 3.8) is 0 Å². The molecule has 0 aromatic heterocycles. The first-order valence-corrected chi connectivity index (χ1v) is 8.99. The topological polar surface area (TPSA) is 54.0 Å². The number of rotatable bonds is 9. The van der Waals surface area contributed by atoms with E-state index in [0.717, 1.165) is 5.30 Å². The predicted molar refractivity (Wildman–Crippen MR) is 100.0 cm³/mol. The van der Waals surface area contributed by atoms with E-state index in [1.54, 1.807) is 32.4 Å². The lowest BCUT2D eigenvalue weighted by Crippen LogP contribution is -2.16. The van der Waals surface area contributed by atoms with Gasteiger partial charge in [0, 0.05) is 6.61 Å². The van der Waals surface area contributed by atoms with Gasteiger partial charge in [-0.05, 0) is 52.0 Å². The zero-order valence-corrected chi connectivity index (χ0v) is 15.9. The van der Waals surface area contributed by atoms with Crippen LogP contribution in [0.25, 0.3) is 0 Å².